The number of unbranched alkanes of at least 4 members (excludes halogenated alkanes) is 2. The maximum absolute atomic E-state index is 4.34. The summed E-state index contributed by atoms with van der Waals surface area (Å²) in [6.45, 7) is 6.30. The Morgan fingerprint density at radius 2 is 2.23 bits per heavy atom. The molecule has 0 bridgehead atoms. The molecule has 0 atom stereocenters. The fourth-order valence-electron chi connectivity index (χ4n) is 1.29. The summed E-state index contributed by atoms with van der Waals surface area (Å²) < 4.78 is 1.94. The van der Waals surface area contributed by atoms with Crippen LogP contribution in [0.2, 0.25) is 0 Å². The molecule has 2 nitrogen and oxygen atoms in total. The molecule has 13 heavy (non-hydrogen) atoms. The SMILES string of the molecule is CCCC/C=C\n1nc(C)cc1C. The fraction of sp³-hybridized carbons (Fsp3) is 0.545. The van der Waals surface area contributed by atoms with Crippen LogP contribution in [0.15, 0.2) is 12.1 Å². The highest BCUT2D eigenvalue weighted by Crippen LogP contribution is 2.03. The van der Waals surface area contributed by atoms with Crippen molar-refractivity contribution in [3.63, 3.8) is 0 Å². The number of hydrogen-bond donors (Lipinski definition) is 0. The van der Waals surface area contributed by atoms with Crippen LogP contribution in [-0.4, -0.2) is 9.78 Å². The molecule has 1 aromatic heterocycles. The van der Waals surface area contributed by atoms with Crippen molar-refractivity contribution in [2.45, 2.75) is 40.0 Å². The molecule has 1 heterocycles. The molecule has 0 aliphatic heterocycles. The van der Waals surface area contributed by atoms with Crippen molar-refractivity contribution in [2.24, 2.45) is 0 Å². The molecule has 0 N–H and O–H groups in total. The Morgan fingerprint density at radius 1 is 1.46 bits per heavy atom. The summed E-state index contributed by atoms with van der Waals surface area (Å²) >= 11 is 0. The Labute approximate surface area is 80.3 Å². The third kappa shape index (κ3) is 3.05. The first-order chi connectivity index (χ1) is 6.24. The number of rotatable bonds is 4. The maximum atomic E-state index is 4.34. The molecular formula is C11H18N2. The van der Waals surface area contributed by atoms with E-state index in [4.69, 9.17) is 0 Å². The van der Waals surface area contributed by atoms with Gasteiger partial charge in [0.15, 0.2) is 0 Å². The van der Waals surface area contributed by atoms with Crippen molar-refractivity contribution in [1.29, 1.82) is 0 Å². The van der Waals surface area contributed by atoms with Crippen LogP contribution in [0.25, 0.3) is 6.20 Å². The Morgan fingerprint density at radius 3 is 2.77 bits per heavy atom. The van der Waals surface area contributed by atoms with Crippen molar-refractivity contribution in [2.75, 3.05) is 0 Å². The number of hydrogen-bond acceptors (Lipinski definition) is 1. The van der Waals surface area contributed by atoms with E-state index >= 15 is 0 Å². The lowest BCUT2D eigenvalue weighted by molar-refractivity contribution is 0.808. The Hall–Kier alpha value is -1.05. The minimum atomic E-state index is 1.08. The second-order valence-electron chi connectivity index (χ2n) is 3.40. The van der Waals surface area contributed by atoms with Crippen LogP contribution >= 0.6 is 0 Å². The summed E-state index contributed by atoms with van der Waals surface area (Å²) in [6.07, 6.45) is 7.90. The molecule has 0 saturated heterocycles. The van der Waals surface area contributed by atoms with Crippen LogP contribution in [0.1, 0.15) is 37.6 Å². The zero-order chi connectivity index (χ0) is 9.68. The van der Waals surface area contributed by atoms with E-state index in [2.05, 4.69) is 37.3 Å². The first-order valence-corrected chi connectivity index (χ1v) is 4.93. The molecular weight excluding hydrogens is 160 g/mol. The molecule has 0 aliphatic rings. The summed E-state index contributed by atoms with van der Waals surface area (Å²) in [5.74, 6) is 0. The van der Waals surface area contributed by atoms with Gasteiger partial charge in [0.1, 0.15) is 0 Å². The van der Waals surface area contributed by atoms with Crippen LogP contribution in [0.5, 0.6) is 0 Å². The van der Waals surface area contributed by atoms with Crippen LogP contribution < -0.4 is 0 Å². The summed E-state index contributed by atoms with van der Waals surface area (Å²) in [4.78, 5) is 0. The van der Waals surface area contributed by atoms with Gasteiger partial charge in [-0.05, 0) is 26.3 Å². The Balaban J connectivity index is 2.53. The molecule has 2 heteroatoms. The minimum absolute atomic E-state index is 1.08. The topological polar surface area (TPSA) is 17.8 Å². The van der Waals surface area contributed by atoms with Gasteiger partial charge in [-0.25, -0.2) is 4.68 Å². The van der Waals surface area contributed by atoms with E-state index in [9.17, 15) is 0 Å². The zero-order valence-corrected chi connectivity index (χ0v) is 8.75. The predicted octanol–water partition coefficient (Wildman–Crippen LogP) is 3.16. The van der Waals surface area contributed by atoms with E-state index in [1.165, 1.54) is 18.5 Å². The summed E-state index contributed by atoms with van der Waals surface area (Å²) in [7, 11) is 0. The molecule has 0 unspecified atom stereocenters. The smallest absolute Gasteiger partial charge is 0.0600 e. The van der Waals surface area contributed by atoms with Crippen molar-refractivity contribution in [1.82, 2.24) is 9.78 Å². The van der Waals surface area contributed by atoms with Gasteiger partial charge in [-0.2, -0.15) is 5.10 Å². The fourth-order valence-corrected chi connectivity index (χ4v) is 1.29. The van der Waals surface area contributed by atoms with Gasteiger partial charge in [0.25, 0.3) is 0 Å². The van der Waals surface area contributed by atoms with Crippen LogP contribution in [0, 0.1) is 13.8 Å². The van der Waals surface area contributed by atoms with Gasteiger partial charge in [-0.1, -0.05) is 25.8 Å². The van der Waals surface area contributed by atoms with Crippen LogP contribution in [0.4, 0.5) is 0 Å². The first-order valence-electron chi connectivity index (χ1n) is 4.93. The molecule has 1 rings (SSSR count). The molecule has 0 spiro atoms. The van der Waals surface area contributed by atoms with E-state index in [0.717, 1.165) is 12.1 Å². The molecule has 0 amide bonds. The summed E-state index contributed by atoms with van der Waals surface area (Å²) in [5.41, 5.74) is 2.28. The van der Waals surface area contributed by atoms with Crippen molar-refractivity contribution in [3.8, 4) is 0 Å². The van der Waals surface area contributed by atoms with Crippen LogP contribution in [0.3, 0.4) is 0 Å². The average molecular weight is 178 g/mol. The van der Waals surface area contributed by atoms with Gasteiger partial charge in [0.05, 0.1) is 5.69 Å². The van der Waals surface area contributed by atoms with E-state index in [1.54, 1.807) is 0 Å². The lowest BCUT2D eigenvalue weighted by Crippen LogP contribution is -1.91. The van der Waals surface area contributed by atoms with Gasteiger partial charge >= 0.3 is 0 Å². The highest BCUT2D eigenvalue weighted by Gasteiger charge is 1.95. The Bertz CT molecular complexity index is 284. The average Bonchev–Trinajstić information content (AvgIpc) is 2.39. The number of allylic oxidation sites excluding steroid dienone is 1. The van der Waals surface area contributed by atoms with Gasteiger partial charge in [0.2, 0.25) is 0 Å². The van der Waals surface area contributed by atoms with Gasteiger partial charge in [-0.15, -0.1) is 0 Å². The van der Waals surface area contributed by atoms with E-state index in [-0.39, 0.29) is 0 Å². The monoisotopic (exact) mass is 178 g/mol. The normalized spacial score (nSPS) is 11.3. The number of nitrogens with zero attached hydrogens (tertiary/aromatic N) is 2. The standard InChI is InChI=1S/C11H18N2/c1-4-5-6-7-8-13-11(3)9-10(2)12-13/h7-9H,4-6H2,1-3H3/b8-7-. The minimum Gasteiger partial charge on any atom is -0.245 e. The second-order valence-corrected chi connectivity index (χ2v) is 3.40. The van der Waals surface area contributed by atoms with Gasteiger partial charge in [-0.3, -0.25) is 0 Å². The van der Waals surface area contributed by atoms with Crippen molar-refractivity contribution < 1.29 is 0 Å². The van der Waals surface area contributed by atoms with E-state index < -0.39 is 0 Å². The largest absolute Gasteiger partial charge is 0.245 e. The maximum Gasteiger partial charge on any atom is 0.0600 e. The number of aryl methyl sites for hydroxylation is 2. The van der Waals surface area contributed by atoms with E-state index in [1.807, 2.05) is 11.6 Å². The molecule has 0 aliphatic carbocycles. The molecule has 0 aromatic carbocycles. The predicted molar refractivity (Wildman–Crippen MR) is 56.6 cm³/mol. The van der Waals surface area contributed by atoms with Crippen molar-refractivity contribution in [3.05, 3.63) is 23.5 Å². The first kappa shape index (κ1) is 10.0. The lowest BCUT2D eigenvalue weighted by Gasteiger charge is -1.94. The number of aromatic nitrogens is 2. The molecule has 0 fully saturated rings. The summed E-state index contributed by atoms with van der Waals surface area (Å²) in [6, 6.07) is 2.09. The van der Waals surface area contributed by atoms with Gasteiger partial charge in [0, 0.05) is 11.9 Å². The Kier molecular flexibility index (Phi) is 3.74. The van der Waals surface area contributed by atoms with Crippen molar-refractivity contribution >= 4 is 6.20 Å². The third-order valence-corrected chi connectivity index (χ3v) is 2.02. The zero-order valence-electron chi connectivity index (χ0n) is 8.75. The van der Waals surface area contributed by atoms with Crippen LogP contribution in [-0.2, 0) is 0 Å². The highest BCUT2D eigenvalue weighted by atomic mass is 15.3. The van der Waals surface area contributed by atoms with E-state index in [0.29, 0.717) is 0 Å². The lowest BCUT2D eigenvalue weighted by atomic mass is 10.2. The molecule has 1 aromatic rings. The van der Waals surface area contributed by atoms with Gasteiger partial charge < -0.3 is 0 Å². The molecule has 72 valence electrons. The second kappa shape index (κ2) is 4.85. The quantitative estimate of drug-likeness (QED) is 0.647. The summed E-state index contributed by atoms with van der Waals surface area (Å²) in [5, 5.41) is 4.34. The highest BCUT2D eigenvalue weighted by molar-refractivity contribution is 5.25. The molecule has 0 saturated carbocycles. The molecule has 0 radical (unpaired) electrons. The third-order valence-electron chi connectivity index (χ3n) is 2.02.